The van der Waals surface area contributed by atoms with Crippen molar-refractivity contribution in [3.05, 3.63) is 33.8 Å². The van der Waals surface area contributed by atoms with Gasteiger partial charge in [-0.15, -0.1) is 0 Å². The molecule has 1 aromatic carbocycles. The number of benzene rings is 1. The minimum absolute atomic E-state index is 0.0486. The first-order valence-corrected chi connectivity index (χ1v) is 4.61. The molecule has 0 aromatic heterocycles. The molecule has 0 aliphatic rings. The first-order valence-electron chi connectivity index (χ1n) is 3.82. The summed E-state index contributed by atoms with van der Waals surface area (Å²) >= 11 is 3.19. The molecule has 0 atom stereocenters. The molecular weight excluding hydrogens is 240 g/mol. The van der Waals surface area contributed by atoms with Gasteiger partial charge in [-0.2, -0.15) is 8.78 Å². The molecule has 0 amide bonds. The number of hydrogen-bond donors (Lipinski definition) is 1. The maximum absolute atomic E-state index is 13.1. The summed E-state index contributed by atoms with van der Waals surface area (Å²) < 4.78 is 26.8. The van der Waals surface area contributed by atoms with Crippen molar-refractivity contribution in [2.75, 3.05) is 6.54 Å². The van der Waals surface area contributed by atoms with Crippen molar-refractivity contribution in [1.82, 2.24) is 0 Å². The minimum Gasteiger partial charge on any atom is -0.325 e. The summed E-state index contributed by atoms with van der Waals surface area (Å²) in [4.78, 5) is 0. The van der Waals surface area contributed by atoms with Crippen LogP contribution >= 0.6 is 15.9 Å². The zero-order chi connectivity index (χ0) is 10.1. The van der Waals surface area contributed by atoms with E-state index in [-0.39, 0.29) is 5.56 Å². The second-order valence-electron chi connectivity index (χ2n) is 2.87. The van der Waals surface area contributed by atoms with Crippen LogP contribution in [-0.4, -0.2) is 6.54 Å². The van der Waals surface area contributed by atoms with E-state index in [1.165, 1.54) is 12.1 Å². The predicted octanol–water partition coefficient (Wildman–Crippen LogP) is 2.81. The highest BCUT2D eigenvalue weighted by atomic mass is 79.9. The molecule has 0 aliphatic carbocycles. The molecule has 0 radical (unpaired) electrons. The Bertz CT molecular complexity index is 312. The Morgan fingerprint density at radius 2 is 2.08 bits per heavy atom. The van der Waals surface area contributed by atoms with Gasteiger partial charge in [0.05, 0.1) is 6.54 Å². The van der Waals surface area contributed by atoms with Crippen LogP contribution in [0.3, 0.4) is 0 Å². The van der Waals surface area contributed by atoms with Gasteiger partial charge in [0.15, 0.2) is 0 Å². The third-order valence-electron chi connectivity index (χ3n) is 1.85. The average molecular weight is 250 g/mol. The molecule has 1 nitrogen and oxygen atoms in total. The molecule has 2 N–H and O–H groups in total. The summed E-state index contributed by atoms with van der Waals surface area (Å²) in [7, 11) is 0. The monoisotopic (exact) mass is 249 g/mol. The Hall–Kier alpha value is -0.480. The quantitative estimate of drug-likeness (QED) is 0.858. The number of nitrogens with two attached hydrogens (primary N) is 1. The Balaban J connectivity index is 3.10. The summed E-state index contributed by atoms with van der Waals surface area (Å²) in [6, 6.07) is 4.44. The van der Waals surface area contributed by atoms with Gasteiger partial charge in [0.25, 0.3) is 5.92 Å². The summed E-state index contributed by atoms with van der Waals surface area (Å²) in [5.74, 6) is -2.93. The third-order valence-corrected chi connectivity index (χ3v) is 2.70. The van der Waals surface area contributed by atoms with Gasteiger partial charge in [-0.3, -0.25) is 0 Å². The fourth-order valence-electron chi connectivity index (χ4n) is 0.938. The molecule has 0 saturated heterocycles. The Labute approximate surface area is 84.1 Å². The van der Waals surface area contributed by atoms with Gasteiger partial charge < -0.3 is 5.73 Å². The van der Waals surface area contributed by atoms with Crippen molar-refractivity contribution in [3.8, 4) is 0 Å². The standard InChI is InChI=1S/C9H10BrF2N/c1-6-2-3-7(4-8(6)10)9(11,12)5-13/h2-4H,5,13H2,1H3. The fourth-order valence-corrected chi connectivity index (χ4v) is 1.32. The lowest BCUT2D eigenvalue weighted by Gasteiger charge is -2.14. The van der Waals surface area contributed by atoms with E-state index in [1.54, 1.807) is 6.07 Å². The first-order chi connectivity index (χ1) is 5.97. The lowest BCUT2D eigenvalue weighted by molar-refractivity contribution is 0.00589. The largest absolute Gasteiger partial charge is 0.325 e. The summed E-state index contributed by atoms with van der Waals surface area (Å²) in [5.41, 5.74) is 5.84. The predicted molar refractivity (Wildman–Crippen MR) is 51.8 cm³/mol. The molecule has 4 heteroatoms. The lowest BCUT2D eigenvalue weighted by atomic mass is 10.1. The van der Waals surface area contributed by atoms with Crippen molar-refractivity contribution in [1.29, 1.82) is 0 Å². The van der Waals surface area contributed by atoms with Crippen molar-refractivity contribution < 1.29 is 8.78 Å². The molecule has 72 valence electrons. The van der Waals surface area contributed by atoms with Gasteiger partial charge in [-0.25, -0.2) is 0 Å². The Morgan fingerprint density at radius 3 is 2.54 bits per heavy atom. The molecule has 0 spiro atoms. The van der Waals surface area contributed by atoms with Gasteiger partial charge in [0.2, 0.25) is 0 Å². The molecule has 0 saturated carbocycles. The van der Waals surface area contributed by atoms with Crippen molar-refractivity contribution in [3.63, 3.8) is 0 Å². The van der Waals surface area contributed by atoms with Gasteiger partial charge >= 0.3 is 0 Å². The smallest absolute Gasteiger partial charge is 0.285 e. The van der Waals surface area contributed by atoms with E-state index in [0.29, 0.717) is 4.47 Å². The maximum Gasteiger partial charge on any atom is 0.285 e. The number of halogens is 3. The van der Waals surface area contributed by atoms with E-state index in [2.05, 4.69) is 15.9 Å². The molecular formula is C9H10BrF2N. The normalized spacial score (nSPS) is 11.8. The average Bonchev–Trinajstić information content (AvgIpc) is 2.09. The third kappa shape index (κ3) is 2.25. The van der Waals surface area contributed by atoms with Crippen molar-refractivity contribution in [2.24, 2.45) is 5.73 Å². The van der Waals surface area contributed by atoms with Crippen LogP contribution in [0.25, 0.3) is 0 Å². The van der Waals surface area contributed by atoms with E-state index >= 15 is 0 Å². The van der Waals surface area contributed by atoms with E-state index in [0.717, 1.165) is 5.56 Å². The van der Waals surface area contributed by atoms with E-state index in [9.17, 15) is 8.78 Å². The van der Waals surface area contributed by atoms with Crippen molar-refractivity contribution >= 4 is 15.9 Å². The molecule has 0 bridgehead atoms. The topological polar surface area (TPSA) is 26.0 Å². The van der Waals surface area contributed by atoms with Crippen LogP contribution in [0.4, 0.5) is 8.78 Å². The Morgan fingerprint density at radius 1 is 1.46 bits per heavy atom. The zero-order valence-electron chi connectivity index (χ0n) is 7.15. The molecule has 0 heterocycles. The van der Waals surface area contributed by atoms with Gasteiger partial charge in [-0.1, -0.05) is 28.1 Å². The number of alkyl halides is 2. The van der Waals surface area contributed by atoms with Crippen molar-refractivity contribution in [2.45, 2.75) is 12.8 Å². The summed E-state index contributed by atoms with van der Waals surface area (Å²) in [6.07, 6.45) is 0. The highest BCUT2D eigenvalue weighted by molar-refractivity contribution is 9.10. The molecule has 0 fully saturated rings. The van der Waals surface area contributed by atoms with E-state index < -0.39 is 12.5 Å². The lowest BCUT2D eigenvalue weighted by Crippen LogP contribution is -2.25. The second kappa shape index (κ2) is 3.72. The minimum atomic E-state index is -2.93. The van der Waals surface area contributed by atoms with Crippen LogP contribution in [0.15, 0.2) is 22.7 Å². The number of rotatable bonds is 2. The van der Waals surface area contributed by atoms with Gasteiger partial charge in [-0.05, 0) is 18.6 Å². The van der Waals surface area contributed by atoms with Crippen LogP contribution in [0.1, 0.15) is 11.1 Å². The van der Waals surface area contributed by atoms with E-state index in [1.807, 2.05) is 6.92 Å². The van der Waals surface area contributed by atoms with Crippen LogP contribution < -0.4 is 5.73 Å². The highest BCUT2D eigenvalue weighted by Gasteiger charge is 2.29. The zero-order valence-corrected chi connectivity index (χ0v) is 8.74. The number of aryl methyl sites for hydroxylation is 1. The molecule has 1 rings (SSSR count). The van der Waals surface area contributed by atoms with E-state index in [4.69, 9.17) is 5.73 Å². The maximum atomic E-state index is 13.1. The first kappa shape index (κ1) is 10.6. The molecule has 0 unspecified atom stereocenters. The SMILES string of the molecule is Cc1ccc(C(F)(F)CN)cc1Br. The summed E-state index contributed by atoms with van der Waals surface area (Å²) in [5, 5.41) is 0. The van der Waals surface area contributed by atoms with Crippen LogP contribution in [0.2, 0.25) is 0 Å². The summed E-state index contributed by atoms with van der Waals surface area (Å²) in [6.45, 7) is 1.18. The van der Waals surface area contributed by atoms with Crippen LogP contribution in [-0.2, 0) is 5.92 Å². The fraction of sp³-hybridized carbons (Fsp3) is 0.333. The molecule has 0 aliphatic heterocycles. The van der Waals surface area contributed by atoms with Crippen LogP contribution in [0, 0.1) is 6.92 Å². The van der Waals surface area contributed by atoms with Gasteiger partial charge in [0, 0.05) is 10.0 Å². The van der Waals surface area contributed by atoms with Crippen LogP contribution in [0.5, 0.6) is 0 Å². The second-order valence-corrected chi connectivity index (χ2v) is 3.73. The number of hydrogen-bond acceptors (Lipinski definition) is 1. The molecule has 13 heavy (non-hydrogen) atoms. The molecule has 1 aromatic rings. The van der Waals surface area contributed by atoms with Gasteiger partial charge in [0.1, 0.15) is 0 Å². The Kier molecular flexibility index (Phi) is 3.03. The highest BCUT2D eigenvalue weighted by Crippen LogP contribution is 2.29.